The standard InChI is InChI=1S/C15H31N3O3/c1-7-15(3,4)17-14(20)12(2)18(5)11-13(19)16-9-8-10-21-6/h12H,7-11H2,1-6H3,(H,16,19)(H,17,20). The number of carbonyl (C=O) groups is 2. The van der Waals surface area contributed by atoms with E-state index in [0.717, 1.165) is 12.8 Å². The second-order valence-corrected chi connectivity index (χ2v) is 6.01. The summed E-state index contributed by atoms with van der Waals surface area (Å²) in [7, 11) is 3.41. The quantitative estimate of drug-likeness (QED) is 0.585. The molecule has 1 atom stereocenters. The molecule has 0 radical (unpaired) electrons. The normalized spacial score (nSPS) is 13.1. The number of hydrogen-bond donors (Lipinski definition) is 2. The highest BCUT2D eigenvalue weighted by Gasteiger charge is 2.25. The first-order valence-electron chi connectivity index (χ1n) is 7.51. The van der Waals surface area contributed by atoms with E-state index in [1.165, 1.54) is 0 Å². The highest BCUT2D eigenvalue weighted by Crippen LogP contribution is 2.08. The number of likely N-dealkylation sites (N-methyl/N-ethyl adjacent to an activating group) is 1. The van der Waals surface area contributed by atoms with Crippen molar-refractivity contribution in [3.8, 4) is 0 Å². The van der Waals surface area contributed by atoms with Gasteiger partial charge < -0.3 is 15.4 Å². The second-order valence-electron chi connectivity index (χ2n) is 6.01. The van der Waals surface area contributed by atoms with Gasteiger partial charge in [-0.1, -0.05) is 6.92 Å². The lowest BCUT2D eigenvalue weighted by molar-refractivity contribution is -0.128. The van der Waals surface area contributed by atoms with Gasteiger partial charge in [0.25, 0.3) is 0 Å². The molecule has 2 N–H and O–H groups in total. The lowest BCUT2D eigenvalue weighted by Gasteiger charge is -2.29. The molecule has 0 aliphatic heterocycles. The minimum Gasteiger partial charge on any atom is -0.385 e. The number of ether oxygens (including phenoxy) is 1. The Hall–Kier alpha value is -1.14. The first-order valence-corrected chi connectivity index (χ1v) is 7.51. The van der Waals surface area contributed by atoms with Crippen LogP contribution in [0.2, 0.25) is 0 Å². The summed E-state index contributed by atoms with van der Waals surface area (Å²) in [5.74, 6) is -0.139. The maximum Gasteiger partial charge on any atom is 0.237 e. The number of nitrogens with one attached hydrogen (secondary N) is 2. The molecule has 6 heteroatoms. The van der Waals surface area contributed by atoms with E-state index < -0.39 is 0 Å². The summed E-state index contributed by atoms with van der Waals surface area (Å²) in [5, 5.41) is 5.80. The fourth-order valence-electron chi connectivity index (χ4n) is 1.59. The Balaban J connectivity index is 4.16. The molecular weight excluding hydrogens is 270 g/mol. The number of carbonyl (C=O) groups excluding carboxylic acids is 2. The van der Waals surface area contributed by atoms with Crippen molar-refractivity contribution in [3.05, 3.63) is 0 Å². The van der Waals surface area contributed by atoms with Crippen molar-refractivity contribution in [3.63, 3.8) is 0 Å². The summed E-state index contributed by atoms with van der Waals surface area (Å²) in [5.41, 5.74) is -0.228. The molecule has 0 saturated heterocycles. The Morgan fingerprint density at radius 3 is 2.48 bits per heavy atom. The Morgan fingerprint density at radius 1 is 1.33 bits per heavy atom. The van der Waals surface area contributed by atoms with Crippen LogP contribution in [0.15, 0.2) is 0 Å². The SMILES string of the molecule is CCC(C)(C)NC(=O)C(C)N(C)CC(=O)NCCCOC. The molecule has 1 unspecified atom stereocenters. The third kappa shape index (κ3) is 8.67. The van der Waals surface area contributed by atoms with Gasteiger partial charge in [-0.15, -0.1) is 0 Å². The molecule has 0 aliphatic carbocycles. The minimum atomic E-state index is -0.347. The van der Waals surface area contributed by atoms with Gasteiger partial charge in [-0.2, -0.15) is 0 Å². The molecule has 0 aromatic rings. The van der Waals surface area contributed by atoms with E-state index >= 15 is 0 Å². The monoisotopic (exact) mass is 301 g/mol. The molecule has 0 saturated carbocycles. The molecule has 6 nitrogen and oxygen atoms in total. The Labute approximate surface area is 128 Å². The third-order valence-electron chi connectivity index (χ3n) is 3.63. The molecule has 0 rings (SSSR count). The summed E-state index contributed by atoms with van der Waals surface area (Å²) >= 11 is 0. The van der Waals surface area contributed by atoms with Crippen molar-refractivity contribution in [1.29, 1.82) is 0 Å². The van der Waals surface area contributed by atoms with Crippen molar-refractivity contribution in [2.24, 2.45) is 0 Å². The zero-order valence-electron chi connectivity index (χ0n) is 14.3. The van der Waals surface area contributed by atoms with Gasteiger partial charge in [-0.3, -0.25) is 14.5 Å². The Kier molecular flexibility index (Phi) is 9.21. The summed E-state index contributed by atoms with van der Waals surface area (Å²) in [6.45, 7) is 9.22. The minimum absolute atomic E-state index is 0.0588. The van der Waals surface area contributed by atoms with Crippen LogP contribution in [0.5, 0.6) is 0 Å². The first kappa shape index (κ1) is 19.9. The van der Waals surface area contributed by atoms with E-state index in [9.17, 15) is 9.59 Å². The molecule has 0 bridgehead atoms. The van der Waals surface area contributed by atoms with Crippen molar-refractivity contribution < 1.29 is 14.3 Å². The van der Waals surface area contributed by atoms with Crippen LogP contribution < -0.4 is 10.6 Å². The Morgan fingerprint density at radius 2 is 1.95 bits per heavy atom. The highest BCUT2D eigenvalue weighted by molar-refractivity contribution is 5.83. The van der Waals surface area contributed by atoms with Crippen LogP contribution in [-0.2, 0) is 14.3 Å². The predicted octanol–water partition coefficient (Wildman–Crippen LogP) is 0.764. The van der Waals surface area contributed by atoms with Crippen LogP contribution in [0.3, 0.4) is 0 Å². The van der Waals surface area contributed by atoms with Crippen LogP contribution >= 0.6 is 0 Å². The second kappa shape index (κ2) is 9.73. The van der Waals surface area contributed by atoms with Gasteiger partial charge in [0.1, 0.15) is 0 Å². The van der Waals surface area contributed by atoms with Crippen LogP contribution in [0.4, 0.5) is 0 Å². The Bertz CT molecular complexity index is 332. The molecule has 0 heterocycles. The fraction of sp³-hybridized carbons (Fsp3) is 0.867. The van der Waals surface area contributed by atoms with E-state index in [0.29, 0.717) is 13.2 Å². The van der Waals surface area contributed by atoms with Crippen LogP contribution in [0.25, 0.3) is 0 Å². The van der Waals surface area contributed by atoms with Gasteiger partial charge in [0.2, 0.25) is 11.8 Å². The lowest BCUT2D eigenvalue weighted by Crippen LogP contribution is -2.52. The topological polar surface area (TPSA) is 70.7 Å². The maximum atomic E-state index is 12.1. The van der Waals surface area contributed by atoms with Gasteiger partial charge >= 0.3 is 0 Å². The summed E-state index contributed by atoms with van der Waals surface area (Å²) in [6, 6.07) is -0.347. The average Bonchev–Trinajstić information content (AvgIpc) is 2.42. The van der Waals surface area contributed by atoms with Gasteiger partial charge in [0.05, 0.1) is 12.6 Å². The van der Waals surface area contributed by atoms with E-state index in [1.54, 1.807) is 26.0 Å². The van der Waals surface area contributed by atoms with Crippen molar-refractivity contribution in [2.45, 2.75) is 52.1 Å². The zero-order chi connectivity index (χ0) is 16.5. The van der Waals surface area contributed by atoms with E-state index in [1.807, 2.05) is 20.8 Å². The highest BCUT2D eigenvalue weighted by atomic mass is 16.5. The lowest BCUT2D eigenvalue weighted by atomic mass is 10.0. The van der Waals surface area contributed by atoms with Gasteiger partial charge in [-0.25, -0.2) is 0 Å². The summed E-state index contributed by atoms with van der Waals surface area (Å²) < 4.78 is 4.92. The molecule has 0 aromatic carbocycles. The number of methoxy groups -OCH3 is 1. The molecule has 21 heavy (non-hydrogen) atoms. The number of amides is 2. The number of rotatable bonds is 10. The fourth-order valence-corrected chi connectivity index (χ4v) is 1.59. The number of hydrogen-bond acceptors (Lipinski definition) is 4. The van der Waals surface area contributed by atoms with Crippen LogP contribution in [-0.4, -0.2) is 62.1 Å². The summed E-state index contributed by atoms with van der Waals surface area (Å²) in [6.07, 6.45) is 1.64. The molecule has 2 amide bonds. The third-order valence-corrected chi connectivity index (χ3v) is 3.63. The van der Waals surface area contributed by atoms with Crippen molar-refractivity contribution in [2.75, 3.05) is 33.9 Å². The van der Waals surface area contributed by atoms with Gasteiger partial charge in [-0.05, 0) is 40.7 Å². The molecule has 0 aromatic heterocycles. The van der Waals surface area contributed by atoms with Gasteiger partial charge in [0.15, 0.2) is 0 Å². The molecule has 0 spiro atoms. The summed E-state index contributed by atoms with van der Waals surface area (Å²) in [4.78, 5) is 25.6. The van der Waals surface area contributed by atoms with E-state index in [4.69, 9.17) is 4.74 Å². The molecule has 0 aliphatic rings. The van der Waals surface area contributed by atoms with E-state index in [2.05, 4.69) is 10.6 Å². The maximum absolute atomic E-state index is 12.1. The first-order chi connectivity index (χ1) is 9.73. The zero-order valence-corrected chi connectivity index (χ0v) is 14.3. The molecule has 124 valence electrons. The van der Waals surface area contributed by atoms with Crippen molar-refractivity contribution in [1.82, 2.24) is 15.5 Å². The van der Waals surface area contributed by atoms with E-state index in [-0.39, 0.29) is 29.9 Å². The van der Waals surface area contributed by atoms with Crippen LogP contribution in [0, 0.1) is 0 Å². The predicted molar refractivity (Wildman–Crippen MR) is 84.1 cm³/mol. The smallest absolute Gasteiger partial charge is 0.237 e. The average molecular weight is 301 g/mol. The molecular formula is C15H31N3O3. The molecule has 0 fully saturated rings. The van der Waals surface area contributed by atoms with Crippen LogP contribution in [0.1, 0.15) is 40.5 Å². The van der Waals surface area contributed by atoms with Gasteiger partial charge in [0, 0.05) is 25.8 Å². The number of nitrogens with zero attached hydrogens (tertiary/aromatic N) is 1. The van der Waals surface area contributed by atoms with Crippen molar-refractivity contribution >= 4 is 11.8 Å². The largest absolute Gasteiger partial charge is 0.385 e.